The fraction of sp³-hybridized carbons (Fsp3) is 0.474. The van der Waals surface area contributed by atoms with Crippen molar-refractivity contribution in [1.29, 1.82) is 0 Å². The first kappa shape index (κ1) is 21.4. The molecule has 1 fully saturated rings. The molecule has 1 aliphatic heterocycles. The molecule has 1 saturated heterocycles. The van der Waals surface area contributed by atoms with Gasteiger partial charge in [0.15, 0.2) is 0 Å². The number of likely N-dealkylation sites (N-methyl/N-ethyl adjacent to an activating group) is 1. The fourth-order valence-corrected chi connectivity index (χ4v) is 5.55. The lowest BCUT2D eigenvalue weighted by molar-refractivity contribution is -0.0201. The van der Waals surface area contributed by atoms with Crippen molar-refractivity contribution < 1.29 is 23.4 Å². The van der Waals surface area contributed by atoms with Crippen molar-refractivity contribution in [3.63, 3.8) is 0 Å². The van der Waals surface area contributed by atoms with E-state index in [0.29, 0.717) is 6.54 Å². The molecule has 1 aromatic carbocycles. The summed E-state index contributed by atoms with van der Waals surface area (Å²) in [6.45, 7) is 0.369. The topological polar surface area (TPSA) is 99.1 Å². The average Bonchev–Trinajstić information content (AvgIpc) is 3.34. The molecule has 0 aliphatic carbocycles. The highest BCUT2D eigenvalue weighted by molar-refractivity contribution is 7.91. The zero-order chi connectivity index (χ0) is 20.1. The third-order valence-electron chi connectivity index (χ3n) is 4.98. The molecular formula is C19H26N2O5S2. The predicted molar refractivity (Wildman–Crippen MR) is 108 cm³/mol. The van der Waals surface area contributed by atoms with Gasteiger partial charge >= 0.3 is 0 Å². The van der Waals surface area contributed by atoms with E-state index in [4.69, 9.17) is 4.74 Å². The van der Waals surface area contributed by atoms with Crippen LogP contribution in [0.3, 0.4) is 0 Å². The van der Waals surface area contributed by atoms with E-state index in [9.17, 15) is 18.6 Å². The second kappa shape index (κ2) is 9.45. The van der Waals surface area contributed by atoms with Crippen LogP contribution in [-0.4, -0.2) is 74.6 Å². The van der Waals surface area contributed by atoms with Gasteiger partial charge in [0.2, 0.25) is 10.0 Å². The molecule has 0 unspecified atom stereocenters. The second-order valence-corrected chi connectivity index (χ2v) is 9.82. The first-order valence-corrected chi connectivity index (χ1v) is 11.5. The van der Waals surface area contributed by atoms with Crippen LogP contribution in [0.5, 0.6) is 0 Å². The molecule has 0 spiro atoms. The first-order chi connectivity index (χ1) is 13.4. The maximum atomic E-state index is 12.4. The van der Waals surface area contributed by atoms with Crippen LogP contribution in [0, 0.1) is 0 Å². The van der Waals surface area contributed by atoms with Crippen molar-refractivity contribution in [2.45, 2.75) is 35.0 Å². The summed E-state index contributed by atoms with van der Waals surface area (Å²) in [7, 11) is -1.75. The highest BCUT2D eigenvalue weighted by Gasteiger charge is 2.45. The molecule has 7 nitrogen and oxygen atoms in total. The van der Waals surface area contributed by atoms with Gasteiger partial charge in [0.25, 0.3) is 0 Å². The lowest BCUT2D eigenvalue weighted by Gasteiger charge is -2.30. The van der Waals surface area contributed by atoms with E-state index in [2.05, 4.69) is 4.72 Å². The van der Waals surface area contributed by atoms with E-state index < -0.39 is 34.4 Å². The van der Waals surface area contributed by atoms with Crippen molar-refractivity contribution in [2.24, 2.45) is 0 Å². The zero-order valence-electron chi connectivity index (χ0n) is 15.6. The summed E-state index contributed by atoms with van der Waals surface area (Å²) >= 11 is 1.14. The van der Waals surface area contributed by atoms with Crippen LogP contribution < -0.4 is 4.72 Å². The SMILES string of the molecule is CN(CCc1ccccc1)[C@H]1[C@H](O)[C@H](CO)O[C@@H]1CNS(=O)(=O)c1cccs1. The highest BCUT2D eigenvalue weighted by Crippen LogP contribution is 2.26. The summed E-state index contributed by atoms with van der Waals surface area (Å²) in [4.78, 5) is 1.97. The zero-order valence-corrected chi connectivity index (χ0v) is 17.3. The number of ether oxygens (including phenoxy) is 1. The molecule has 0 radical (unpaired) electrons. The Labute approximate surface area is 169 Å². The van der Waals surface area contributed by atoms with Gasteiger partial charge < -0.3 is 14.9 Å². The summed E-state index contributed by atoms with van der Waals surface area (Å²) in [5.41, 5.74) is 1.18. The van der Waals surface area contributed by atoms with Crippen LogP contribution in [0.4, 0.5) is 0 Å². The van der Waals surface area contributed by atoms with Gasteiger partial charge in [-0.15, -0.1) is 11.3 Å². The van der Waals surface area contributed by atoms with E-state index in [-0.39, 0.29) is 17.4 Å². The number of hydrogen-bond acceptors (Lipinski definition) is 7. The standard InChI is InChI=1S/C19H26N2O5S2/c1-21(10-9-14-6-3-2-4-7-14)18-15(26-16(13-22)19(18)23)12-20-28(24,25)17-8-5-11-27-17/h2-8,11,15-16,18-20,22-23H,9-10,12-13H2,1H3/t15-,16+,18-,19-/m1/s1. The Morgan fingerprint density at radius 3 is 2.57 bits per heavy atom. The summed E-state index contributed by atoms with van der Waals surface area (Å²) < 4.78 is 33.3. The van der Waals surface area contributed by atoms with Gasteiger partial charge in [-0.1, -0.05) is 36.4 Å². The van der Waals surface area contributed by atoms with Crippen LogP contribution in [0.1, 0.15) is 5.56 Å². The van der Waals surface area contributed by atoms with E-state index in [0.717, 1.165) is 17.8 Å². The van der Waals surface area contributed by atoms with Gasteiger partial charge in [0.05, 0.1) is 18.8 Å². The summed E-state index contributed by atoms with van der Waals surface area (Å²) in [5, 5.41) is 21.8. The maximum Gasteiger partial charge on any atom is 0.250 e. The number of rotatable bonds is 9. The number of thiophene rings is 1. The van der Waals surface area contributed by atoms with Crippen molar-refractivity contribution in [1.82, 2.24) is 9.62 Å². The van der Waals surface area contributed by atoms with Crippen LogP contribution in [0.25, 0.3) is 0 Å². The quantitative estimate of drug-likeness (QED) is 0.546. The Kier molecular flexibility index (Phi) is 7.21. The molecule has 2 heterocycles. The van der Waals surface area contributed by atoms with Crippen molar-refractivity contribution in [2.75, 3.05) is 26.7 Å². The normalized spacial score (nSPS) is 25.4. The van der Waals surface area contributed by atoms with E-state index >= 15 is 0 Å². The summed E-state index contributed by atoms with van der Waals surface area (Å²) in [5.74, 6) is 0. The Morgan fingerprint density at radius 1 is 1.18 bits per heavy atom. The Hall–Kier alpha value is -1.33. The molecule has 0 amide bonds. The lowest BCUT2D eigenvalue weighted by Crippen LogP contribution is -2.50. The maximum absolute atomic E-state index is 12.4. The molecule has 9 heteroatoms. The van der Waals surface area contributed by atoms with Crippen LogP contribution >= 0.6 is 11.3 Å². The third-order valence-corrected chi connectivity index (χ3v) is 7.80. The minimum absolute atomic E-state index is 0.0220. The minimum Gasteiger partial charge on any atom is -0.394 e. The number of benzene rings is 1. The van der Waals surface area contributed by atoms with Gasteiger partial charge in [-0.3, -0.25) is 4.90 Å². The van der Waals surface area contributed by atoms with Crippen molar-refractivity contribution >= 4 is 21.4 Å². The molecule has 0 saturated carbocycles. The highest BCUT2D eigenvalue weighted by atomic mass is 32.2. The molecule has 1 aliphatic rings. The van der Waals surface area contributed by atoms with E-state index in [1.54, 1.807) is 11.4 Å². The summed E-state index contributed by atoms with van der Waals surface area (Å²) in [6, 6.07) is 12.8. The van der Waals surface area contributed by atoms with Gasteiger partial charge in [-0.25, -0.2) is 13.1 Å². The molecule has 3 N–H and O–H groups in total. The average molecular weight is 427 g/mol. The third kappa shape index (κ3) is 4.98. The van der Waals surface area contributed by atoms with Gasteiger partial charge in [-0.05, 0) is 30.5 Å². The predicted octanol–water partition coefficient (Wildman–Crippen LogP) is 0.690. The van der Waals surface area contributed by atoms with Gasteiger partial charge in [-0.2, -0.15) is 0 Å². The lowest BCUT2D eigenvalue weighted by atomic mass is 10.0. The smallest absolute Gasteiger partial charge is 0.250 e. The monoisotopic (exact) mass is 426 g/mol. The summed E-state index contributed by atoms with van der Waals surface area (Å²) in [6.07, 6.45) is -1.41. The molecule has 0 bridgehead atoms. The van der Waals surface area contributed by atoms with E-state index in [1.807, 2.05) is 42.3 Å². The Balaban J connectivity index is 1.65. The number of nitrogens with zero attached hydrogens (tertiary/aromatic N) is 1. The largest absolute Gasteiger partial charge is 0.394 e. The number of aliphatic hydroxyl groups is 2. The minimum atomic E-state index is -3.62. The number of nitrogens with one attached hydrogen (secondary N) is 1. The number of hydrogen-bond donors (Lipinski definition) is 3. The number of aliphatic hydroxyl groups excluding tert-OH is 2. The Bertz CT molecular complexity index is 829. The molecule has 2 aromatic rings. The van der Waals surface area contributed by atoms with Crippen LogP contribution in [0.15, 0.2) is 52.1 Å². The molecular weight excluding hydrogens is 400 g/mol. The van der Waals surface area contributed by atoms with Crippen LogP contribution in [-0.2, 0) is 21.2 Å². The second-order valence-electron chi connectivity index (χ2n) is 6.88. The fourth-order valence-electron chi connectivity index (χ4n) is 3.47. The van der Waals surface area contributed by atoms with Gasteiger partial charge in [0, 0.05) is 13.1 Å². The Morgan fingerprint density at radius 2 is 1.93 bits per heavy atom. The molecule has 3 rings (SSSR count). The van der Waals surface area contributed by atoms with Crippen LogP contribution in [0.2, 0.25) is 0 Å². The van der Waals surface area contributed by atoms with Gasteiger partial charge in [0.1, 0.15) is 16.4 Å². The van der Waals surface area contributed by atoms with E-state index in [1.165, 1.54) is 11.6 Å². The number of sulfonamides is 1. The molecule has 28 heavy (non-hydrogen) atoms. The first-order valence-electron chi connectivity index (χ1n) is 9.14. The van der Waals surface area contributed by atoms with Crippen molar-refractivity contribution in [3.8, 4) is 0 Å². The van der Waals surface area contributed by atoms with Crippen molar-refractivity contribution in [3.05, 3.63) is 53.4 Å². The molecule has 4 atom stereocenters. The molecule has 154 valence electrons. The molecule has 1 aromatic heterocycles.